The fourth-order valence-electron chi connectivity index (χ4n) is 7.44. The van der Waals surface area contributed by atoms with Gasteiger partial charge < -0.3 is 37.0 Å². The summed E-state index contributed by atoms with van der Waals surface area (Å²) < 4.78 is 0. The first-order valence-electron chi connectivity index (χ1n) is 19.7. The van der Waals surface area contributed by atoms with E-state index in [1.807, 2.05) is 83.9 Å². The lowest BCUT2D eigenvalue weighted by molar-refractivity contribution is -0.132. The number of anilines is 2. The predicted molar refractivity (Wildman–Crippen MR) is 226 cm³/mol. The molecular weight excluding hydrogens is 733 g/mol. The molecule has 1 unspecified atom stereocenters. The fourth-order valence-corrected chi connectivity index (χ4v) is 7.44. The van der Waals surface area contributed by atoms with Crippen molar-refractivity contribution in [2.24, 2.45) is 16.5 Å². The number of nitrogens with zero attached hydrogens (tertiary/aromatic N) is 4. The Morgan fingerprint density at radius 1 is 0.724 bits per heavy atom. The predicted octanol–water partition coefficient (Wildman–Crippen LogP) is 6.63. The third-order valence-electron chi connectivity index (χ3n) is 10.4. The minimum Gasteiger partial charge on any atom is -0.381 e. The number of benzene rings is 2. The number of primary amides is 2. The summed E-state index contributed by atoms with van der Waals surface area (Å²) in [6.07, 6.45) is 17.3. The number of aliphatic imine (C=N–C) groups is 1. The van der Waals surface area contributed by atoms with Crippen molar-refractivity contribution >= 4 is 57.2 Å². The van der Waals surface area contributed by atoms with Crippen LogP contribution in [0.4, 0.5) is 11.4 Å². The van der Waals surface area contributed by atoms with Gasteiger partial charge in [-0.3, -0.25) is 14.4 Å². The number of hydrogen-bond acceptors (Lipinski definition) is 9. The summed E-state index contributed by atoms with van der Waals surface area (Å²) in [4.78, 5) is 65.8. The summed E-state index contributed by atoms with van der Waals surface area (Å²) in [5.74, 6) is -0.791. The van der Waals surface area contributed by atoms with Gasteiger partial charge in [0.05, 0.1) is 29.0 Å². The molecule has 6 aromatic rings. The van der Waals surface area contributed by atoms with E-state index >= 15 is 0 Å². The van der Waals surface area contributed by atoms with E-state index in [9.17, 15) is 19.2 Å². The zero-order valence-electron chi connectivity index (χ0n) is 32.5. The second-order valence-electron chi connectivity index (χ2n) is 14.5. The number of piperidine rings is 1. The van der Waals surface area contributed by atoms with E-state index in [4.69, 9.17) is 11.5 Å². The lowest BCUT2D eigenvalue weighted by atomic mass is 9.95. The first-order chi connectivity index (χ1) is 28.3. The van der Waals surface area contributed by atoms with Gasteiger partial charge in [-0.15, -0.1) is 0 Å². The van der Waals surface area contributed by atoms with Gasteiger partial charge in [0.1, 0.15) is 11.3 Å². The zero-order valence-corrected chi connectivity index (χ0v) is 32.5. The summed E-state index contributed by atoms with van der Waals surface area (Å²) >= 11 is 0. The summed E-state index contributed by atoms with van der Waals surface area (Å²) in [7, 11) is 0. The Balaban J connectivity index is 0.000000167. The average Bonchev–Trinajstić information content (AvgIpc) is 3.95. The molecule has 300 valence electrons. The van der Waals surface area contributed by atoms with E-state index in [-0.39, 0.29) is 11.9 Å². The summed E-state index contributed by atoms with van der Waals surface area (Å²) in [6, 6.07) is 23.9. The number of aromatic nitrogens is 4. The topological polar surface area (TPSA) is 217 Å². The molecule has 3 amide bonds. The van der Waals surface area contributed by atoms with Crippen molar-refractivity contribution in [3.05, 3.63) is 120 Å². The van der Waals surface area contributed by atoms with Gasteiger partial charge in [0.15, 0.2) is 0 Å². The quantitative estimate of drug-likeness (QED) is 0.0618. The molecule has 1 aliphatic carbocycles. The number of fused-ring (bicyclic) bond motifs is 2. The number of rotatable bonds is 11. The molecule has 5 heterocycles. The molecule has 1 aliphatic heterocycles. The number of isocyanates is 1. The second-order valence-corrected chi connectivity index (χ2v) is 14.5. The van der Waals surface area contributed by atoms with Crippen LogP contribution in [0.25, 0.3) is 22.1 Å². The minimum atomic E-state index is -0.519. The van der Waals surface area contributed by atoms with Crippen molar-refractivity contribution in [1.29, 1.82) is 0 Å². The number of H-pyrrole nitrogens is 2. The molecule has 0 bridgehead atoms. The molecule has 58 heavy (non-hydrogen) atoms. The van der Waals surface area contributed by atoms with Crippen LogP contribution >= 0.6 is 0 Å². The highest BCUT2D eigenvalue weighted by Gasteiger charge is 2.26. The number of nitrogens with two attached hydrogens (primary N) is 2. The standard InChI is InChI=1S/C22H25N5O2.C14H18N4O.C8H7NO/c23-21(29)18-13-25-22-17(10-11-24-22)20(18)26-16-7-4-12-27(14-16)19(28)9-8-15-5-2-1-3-6-15;15-13(19)11-8-17-14-10(6-7-16-14)12(11)18-9-4-2-1-3-5-9;10-7-9-6-8-4-2-1-3-5-8/h1-3,5-6,10-11,13,16H,4,7-9,12,14H2,(H2,23,29)(H2,24,25,26);6-9H,1-5H2,(H2,15,19)(H2,16,17,18);1-5H,6H2. The van der Waals surface area contributed by atoms with Crippen molar-refractivity contribution in [3.63, 3.8) is 0 Å². The minimum absolute atomic E-state index is 0.0584. The molecule has 4 aromatic heterocycles. The first kappa shape index (κ1) is 40.9. The van der Waals surface area contributed by atoms with E-state index in [0.29, 0.717) is 48.0 Å². The van der Waals surface area contributed by atoms with Crippen molar-refractivity contribution < 1.29 is 19.2 Å². The largest absolute Gasteiger partial charge is 0.381 e. The molecule has 0 radical (unpaired) electrons. The normalized spacial score (nSPS) is 15.2. The van der Waals surface area contributed by atoms with Crippen LogP contribution in [-0.4, -0.2) is 73.8 Å². The Morgan fingerprint density at radius 3 is 1.81 bits per heavy atom. The number of aromatic amines is 2. The Kier molecular flexibility index (Phi) is 14.4. The Labute approximate surface area is 336 Å². The highest BCUT2D eigenvalue weighted by atomic mass is 16.2. The third-order valence-corrected chi connectivity index (χ3v) is 10.4. The van der Waals surface area contributed by atoms with Crippen molar-refractivity contribution in [3.8, 4) is 0 Å². The number of hydrogen-bond donors (Lipinski definition) is 6. The van der Waals surface area contributed by atoms with Gasteiger partial charge in [0.25, 0.3) is 11.8 Å². The van der Waals surface area contributed by atoms with Crippen LogP contribution in [0.5, 0.6) is 0 Å². The van der Waals surface area contributed by atoms with Gasteiger partial charge in [0, 0.05) is 67.2 Å². The lowest BCUT2D eigenvalue weighted by Crippen LogP contribution is -2.45. The molecule has 14 nitrogen and oxygen atoms in total. The molecule has 2 fully saturated rings. The third kappa shape index (κ3) is 10.9. The fraction of sp³-hybridized carbons (Fsp3) is 0.318. The van der Waals surface area contributed by atoms with Crippen LogP contribution in [-0.2, 0) is 22.6 Å². The number of carbonyl (C=O) groups excluding carboxylic acids is 4. The summed E-state index contributed by atoms with van der Waals surface area (Å²) in [5.41, 5.74) is 17.0. The van der Waals surface area contributed by atoms with Crippen LogP contribution in [0.15, 0.2) is 103 Å². The van der Waals surface area contributed by atoms with Crippen LogP contribution in [0.1, 0.15) is 83.2 Å². The number of likely N-dealkylation sites (tertiary alicyclic amines) is 1. The Hall–Kier alpha value is -6.79. The smallest absolute Gasteiger partial charge is 0.252 e. The molecule has 2 aromatic carbocycles. The molecular formula is C44H50N10O4. The molecule has 2 aliphatic rings. The second kappa shape index (κ2) is 20.4. The number of carbonyl (C=O) groups is 3. The van der Waals surface area contributed by atoms with Crippen LogP contribution in [0, 0.1) is 0 Å². The van der Waals surface area contributed by atoms with Gasteiger partial charge in [-0.05, 0) is 55.4 Å². The molecule has 14 heteroatoms. The Morgan fingerprint density at radius 2 is 1.26 bits per heavy atom. The summed E-state index contributed by atoms with van der Waals surface area (Å²) in [5, 5.41) is 8.72. The van der Waals surface area contributed by atoms with Gasteiger partial charge >= 0.3 is 0 Å². The maximum Gasteiger partial charge on any atom is 0.252 e. The molecule has 1 saturated carbocycles. The SMILES string of the molecule is NC(=O)c1cnc2[nH]ccc2c1NC1CCCCC1.NC(=O)c1cnc2[nH]ccc2c1NC1CCCN(C(=O)CCc2ccccc2)C1.O=C=NCc1ccccc1. The molecule has 1 atom stereocenters. The number of nitrogens with one attached hydrogen (secondary N) is 4. The number of pyridine rings is 2. The van der Waals surface area contributed by atoms with E-state index < -0.39 is 11.8 Å². The van der Waals surface area contributed by atoms with Crippen LogP contribution in [0.3, 0.4) is 0 Å². The van der Waals surface area contributed by atoms with Gasteiger partial charge in [0.2, 0.25) is 12.0 Å². The van der Waals surface area contributed by atoms with Gasteiger partial charge in [-0.2, -0.15) is 0 Å². The summed E-state index contributed by atoms with van der Waals surface area (Å²) in [6.45, 7) is 1.81. The number of amides is 3. The molecule has 8 N–H and O–H groups in total. The van der Waals surface area contributed by atoms with E-state index in [1.54, 1.807) is 12.4 Å². The van der Waals surface area contributed by atoms with Gasteiger partial charge in [-0.1, -0.05) is 79.9 Å². The number of aryl methyl sites for hydroxylation is 1. The lowest BCUT2D eigenvalue weighted by Gasteiger charge is -2.34. The van der Waals surface area contributed by atoms with Crippen molar-refractivity contribution in [2.45, 2.75) is 76.4 Å². The maximum absolute atomic E-state index is 12.7. The first-order valence-corrected chi connectivity index (χ1v) is 19.7. The van der Waals surface area contributed by atoms with Gasteiger partial charge in [-0.25, -0.2) is 19.8 Å². The molecule has 1 saturated heterocycles. The van der Waals surface area contributed by atoms with Crippen LogP contribution in [0.2, 0.25) is 0 Å². The maximum atomic E-state index is 12.7. The monoisotopic (exact) mass is 782 g/mol. The Bertz CT molecular complexity index is 2330. The highest BCUT2D eigenvalue weighted by Crippen LogP contribution is 2.30. The highest BCUT2D eigenvalue weighted by molar-refractivity contribution is 6.06. The van der Waals surface area contributed by atoms with E-state index in [1.165, 1.54) is 37.1 Å². The van der Waals surface area contributed by atoms with Crippen molar-refractivity contribution in [1.82, 2.24) is 24.8 Å². The average molecular weight is 783 g/mol. The molecule has 8 rings (SSSR count). The van der Waals surface area contributed by atoms with Crippen molar-refractivity contribution in [2.75, 3.05) is 23.7 Å². The van der Waals surface area contributed by atoms with Crippen LogP contribution < -0.4 is 22.1 Å². The molecule has 0 spiro atoms. The zero-order chi connectivity index (χ0) is 40.7. The van der Waals surface area contributed by atoms with E-state index in [2.05, 4.69) is 35.6 Å². The van der Waals surface area contributed by atoms with E-state index in [0.717, 1.165) is 66.3 Å².